The van der Waals surface area contributed by atoms with E-state index in [9.17, 15) is 34.1 Å². The van der Waals surface area contributed by atoms with E-state index >= 15 is 0 Å². The zero-order chi connectivity index (χ0) is 30.8. The Hall–Kier alpha value is -5.85. The minimum Gasteiger partial charge on any atom is -0.429 e. The standard InChI is InChI=1S/C30H26N4O9/c35-26(16-17-33-27(36)14-15-28(33)37)32-25(18-20-4-2-1-3-5-20)29(38)31-22-8-6-21(7-9-22)19-42-30(39)43-24-12-10-23(11-13-24)34(40)41/h1-15,25H,16-19H2,(H,31,38)(H,32,35)/t25-/m0/s1. The van der Waals surface area contributed by atoms with Crippen LogP contribution in [0.3, 0.4) is 0 Å². The molecule has 0 aromatic heterocycles. The average molecular weight is 587 g/mol. The number of nitrogens with zero attached hydrogens (tertiary/aromatic N) is 2. The lowest BCUT2D eigenvalue weighted by molar-refractivity contribution is -0.384. The van der Waals surface area contributed by atoms with Crippen molar-refractivity contribution in [1.29, 1.82) is 0 Å². The summed E-state index contributed by atoms with van der Waals surface area (Å²) in [7, 11) is 0. The van der Waals surface area contributed by atoms with Crippen molar-refractivity contribution in [2.24, 2.45) is 0 Å². The Morgan fingerprint density at radius 1 is 0.860 bits per heavy atom. The van der Waals surface area contributed by atoms with Gasteiger partial charge in [0.15, 0.2) is 0 Å². The minimum absolute atomic E-state index is 0.0841. The fourth-order valence-electron chi connectivity index (χ4n) is 4.01. The van der Waals surface area contributed by atoms with Gasteiger partial charge in [0.1, 0.15) is 18.4 Å². The van der Waals surface area contributed by atoms with Crippen molar-refractivity contribution in [2.45, 2.75) is 25.5 Å². The number of carbonyl (C=O) groups excluding carboxylic acids is 5. The van der Waals surface area contributed by atoms with Gasteiger partial charge in [-0.2, -0.15) is 0 Å². The number of imide groups is 1. The van der Waals surface area contributed by atoms with Crippen LogP contribution in [0.15, 0.2) is 91.0 Å². The van der Waals surface area contributed by atoms with Gasteiger partial charge in [-0.05, 0) is 35.4 Å². The number of nitrogens with one attached hydrogen (secondary N) is 2. The summed E-state index contributed by atoms with van der Waals surface area (Å²) in [6, 6.07) is 19.5. The number of ether oxygens (including phenoxy) is 2. The Labute approximate surface area is 245 Å². The largest absolute Gasteiger partial charge is 0.514 e. The van der Waals surface area contributed by atoms with E-state index in [1.165, 1.54) is 24.3 Å². The van der Waals surface area contributed by atoms with Crippen molar-refractivity contribution in [2.75, 3.05) is 11.9 Å². The van der Waals surface area contributed by atoms with Crippen LogP contribution in [0.4, 0.5) is 16.2 Å². The average Bonchev–Trinajstić information content (AvgIpc) is 3.32. The number of benzene rings is 3. The molecule has 220 valence electrons. The van der Waals surface area contributed by atoms with Crippen LogP contribution in [0, 0.1) is 10.1 Å². The third kappa shape index (κ3) is 8.82. The number of hydrogen-bond acceptors (Lipinski definition) is 9. The molecular weight excluding hydrogens is 560 g/mol. The molecule has 0 unspecified atom stereocenters. The molecule has 2 N–H and O–H groups in total. The van der Waals surface area contributed by atoms with Gasteiger partial charge in [-0.3, -0.25) is 34.2 Å². The summed E-state index contributed by atoms with van der Waals surface area (Å²) in [6.07, 6.45) is 1.30. The smallest absolute Gasteiger partial charge is 0.429 e. The van der Waals surface area contributed by atoms with Crippen molar-refractivity contribution < 1.29 is 38.4 Å². The molecule has 13 heteroatoms. The predicted molar refractivity (Wildman–Crippen MR) is 152 cm³/mol. The topological polar surface area (TPSA) is 174 Å². The van der Waals surface area contributed by atoms with Crippen LogP contribution in [0.5, 0.6) is 5.75 Å². The number of anilines is 1. The van der Waals surface area contributed by atoms with Crippen LogP contribution < -0.4 is 15.4 Å². The molecule has 0 fully saturated rings. The van der Waals surface area contributed by atoms with E-state index < -0.39 is 40.7 Å². The second-order valence-corrected chi connectivity index (χ2v) is 9.30. The third-order valence-corrected chi connectivity index (χ3v) is 6.22. The first-order chi connectivity index (χ1) is 20.7. The Morgan fingerprint density at radius 3 is 2.14 bits per heavy atom. The van der Waals surface area contributed by atoms with Crippen molar-refractivity contribution in [3.63, 3.8) is 0 Å². The molecule has 43 heavy (non-hydrogen) atoms. The van der Waals surface area contributed by atoms with Gasteiger partial charge in [0, 0.05) is 49.4 Å². The van der Waals surface area contributed by atoms with Gasteiger partial charge in [0.25, 0.3) is 17.5 Å². The highest BCUT2D eigenvalue weighted by molar-refractivity contribution is 6.13. The predicted octanol–water partition coefficient (Wildman–Crippen LogP) is 3.29. The number of carbonyl (C=O) groups is 5. The second kappa shape index (κ2) is 14.2. The molecule has 1 aliphatic rings. The lowest BCUT2D eigenvalue weighted by atomic mass is 10.0. The minimum atomic E-state index is -1.000. The van der Waals surface area contributed by atoms with Crippen LogP contribution in [0.1, 0.15) is 17.5 Å². The summed E-state index contributed by atoms with van der Waals surface area (Å²) in [6.45, 7) is -0.245. The SMILES string of the molecule is O=C(CCN1C(=O)C=CC1=O)N[C@@H](Cc1ccccc1)C(=O)Nc1ccc(COC(=O)Oc2ccc([N+](=O)[O-])cc2)cc1. The van der Waals surface area contributed by atoms with Gasteiger partial charge in [-0.25, -0.2) is 4.79 Å². The number of non-ortho nitro benzene ring substituents is 1. The van der Waals surface area contributed by atoms with Crippen LogP contribution in [-0.2, 0) is 36.9 Å². The van der Waals surface area contributed by atoms with Crippen molar-refractivity contribution in [3.8, 4) is 5.75 Å². The Balaban J connectivity index is 1.30. The maximum absolute atomic E-state index is 13.2. The van der Waals surface area contributed by atoms with Crippen LogP contribution in [0.25, 0.3) is 0 Å². The van der Waals surface area contributed by atoms with Gasteiger partial charge < -0.3 is 20.1 Å². The van der Waals surface area contributed by atoms with Crippen molar-refractivity contribution in [3.05, 3.63) is 112 Å². The van der Waals surface area contributed by atoms with E-state index in [4.69, 9.17) is 9.47 Å². The van der Waals surface area contributed by atoms with Crippen molar-refractivity contribution in [1.82, 2.24) is 10.2 Å². The number of nitro benzene ring substituents is 1. The highest BCUT2D eigenvalue weighted by atomic mass is 16.7. The molecule has 1 heterocycles. The highest BCUT2D eigenvalue weighted by Crippen LogP contribution is 2.18. The molecule has 3 aromatic carbocycles. The molecule has 0 spiro atoms. The molecule has 0 saturated heterocycles. The lowest BCUT2D eigenvalue weighted by Gasteiger charge is -2.20. The van der Waals surface area contributed by atoms with Gasteiger partial charge in [-0.15, -0.1) is 0 Å². The van der Waals surface area contributed by atoms with E-state index in [0.717, 1.165) is 22.6 Å². The maximum atomic E-state index is 13.2. The van der Waals surface area contributed by atoms with Crippen LogP contribution in [-0.4, -0.2) is 52.2 Å². The number of amides is 4. The first-order valence-electron chi connectivity index (χ1n) is 13.0. The van der Waals surface area contributed by atoms with Crippen LogP contribution in [0.2, 0.25) is 0 Å². The van der Waals surface area contributed by atoms with E-state index in [1.807, 2.05) is 30.3 Å². The molecule has 4 rings (SSSR count). The molecule has 4 amide bonds. The first kappa shape index (κ1) is 30.1. The lowest BCUT2D eigenvalue weighted by Crippen LogP contribution is -2.46. The fraction of sp³-hybridized carbons (Fsp3) is 0.167. The van der Waals surface area contributed by atoms with Gasteiger partial charge >= 0.3 is 6.16 Å². The first-order valence-corrected chi connectivity index (χ1v) is 13.0. The molecule has 3 aromatic rings. The molecule has 1 atom stereocenters. The van der Waals surface area contributed by atoms with Gasteiger partial charge in [0.2, 0.25) is 11.8 Å². The number of nitro groups is 1. The monoisotopic (exact) mass is 586 g/mol. The Bertz CT molecular complexity index is 1520. The highest BCUT2D eigenvalue weighted by Gasteiger charge is 2.26. The molecule has 0 bridgehead atoms. The molecule has 13 nitrogen and oxygen atoms in total. The summed E-state index contributed by atoms with van der Waals surface area (Å²) in [5.74, 6) is -1.89. The summed E-state index contributed by atoms with van der Waals surface area (Å²) in [4.78, 5) is 72.4. The molecule has 0 aliphatic carbocycles. The summed E-state index contributed by atoms with van der Waals surface area (Å²) in [5.41, 5.74) is 1.68. The quantitative estimate of drug-likeness (QED) is 0.106. The summed E-state index contributed by atoms with van der Waals surface area (Å²) in [5, 5.41) is 16.2. The Kier molecular flexibility index (Phi) is 9.92. The van der Waals surface area contributed by atoms with E-state index in [-0.39, 0.29) is 37.4 Å². The molecule has 1 aliphatic heterocycles. The zero-order valence-corrected chi connectivity index (χ0v) is 22.6. The number of hydrogen-bond donors (Lipinski definition) is 2. The van der Waals surface area contributed by atoms with Gasteiger partial charge in [0.05, 0.1) is 4.92 Å². The molecule has 0 radical (unpaired) electrons. The summed E-state index contributed by atoms with van der Waals surface area (Å²) >= 11 is 0. The van der Waals surface area contributed by atoms with Gasteiger partial charge in [-0.1, -0.05) is 42.5 Å². The van der Waals surface area contributed by atoms with E-state index in [1.54, 1.807) is 24.3 Å². The maximum Gasteiger partial charge on any atom is 0.514 e. The van der Waals surface area contributed by atoms with E-state index in [2.05, 4.69) is 10.6 Å². The fourth-order valence-corrected chi connectivity index (χ4v) is 4.01. The van der Waals surface area contributed by atoms with Crippen molar-refractivity contribution >= 4 is 41.2 Å². The Morgan fingerprint density at radius 2 is 1.51 bits per heavy atom. The third-order valence-electron chi connectivity index (χ3n) is 6.22. The number of rotatable bonds is 12. The van der Waals surface area contributed by atoms with Crippen LogP contribution >= 0.6 is 0 Å². The van der Waals surface area contributed by atoms with E-state index in [0.29, 0.717) is 11.3 Å². The second-order valence-electron chi connectivity index (χ2n) is 9.30. The zero-order valence-electron chi connectivity index (χ0n) is 22.6. The molecule has 0 saturated carbocycles. The molecular formula is C30H26N4O9. The summed E-state index contributed by atoms with van der Waals surface area (Å²) < 4.78 is 10.1. The normalized spacial score (nSPS) is 12.9.